The minimum atomic E-state index is -0.970. The maximum Gasteiger partial charge on any atom is 0.407 e. The monoisotopic (exact) mass is 478 g/mol. The lowest BCUT2D eigenvalue weighted by Crippen LogP contribution is -2.55. The molecule has 2 aliphatic heterocycles. The number of carbonyl (C=O) groups is 3. The molecule has 0 radical (unpaired) electrons. The van der Waals surface area contributed by atoms with E-state index < -0.39 is 29.6 Å². The molecular weight excluding hydrogens is 448 g/mol. The van der Waals surface area contributed by atoms with E-state index in [1.54, 1.807) is 11.8 Å². The van der Waals surface area contributed by atoms with E-state index in [2.05, 4.69) is 29.6 Å². The van der Waals surface area contributed by atoms with Crippen LogP contribution in [0.3, 0.4) is 0 Å². The quantitative estimate of drug-likeness (QED) is 0.683. The number of fused-ring (bicyclic) bond motifs is 3. The molecule has 5 rings (SSSR count). The molecule has 0 aromatic heterocycles. The molecular formula is C27H30N2O6. The Hall–Kier alpha value is -3.39. The molecule has 3 aliphatic rings. The van der Waals surface area contributed by atoms with Crippen molar-refractivity contribution in [1.82, 2.24) is 10.2 Å². The number of amides is 2. The van der Waals surface area contributed by atoms with E-state index >= 15 is 0 Å². The standard InChI is InChI=1S/C27H30N2O6/c1-27(25(31)32)12-6-13-29(16-27)24(30)23-22(11-14-34-23)28-26(33)35-15-21-19-9-4-2-7-17(19)18-8-3-5-10-20(18)21/h2-5,7-10,21-23H,6,11-16H2,1H3,(H,28,33)(H,31,32). The Balaban J connectivity index is 1.21. The van der Waals surface area contributed by atoms with Crippen molar-refractivity contribution in [2.45, 2.75) is 44.2 Å². The number of piperidine rings is 1. The van der Waals surface area contributed by atoms with Crippen LogP contribution >= 0.6 is 0 Å². The van der Waals surface area contributed by atoms with Gasteiger partial charge in [0.05, 0.1) is 11.5 Å². The number of carbonyl (C=O) groups excluding carboxylic acids is 2. The van der Waals surface area contributed by atoms with Crippen molar-refractivity contribution in [3.8, 4) is 11.1 Å². The molecule has 8 nitrogen and oxygen atoms in total. The molecule has 0 saturated carbocycles. The average Bonchev–Trinajstić information content (AvgIpc) is 3.44. The second-order valence-electron chi connectivity index (χ2n) is 9.89. The zero-order valence-corrected chi connectivity index (χ0v) is 19.7. The number of nitrogens with one attached hydrogen (secondary N) is 1. The summed E-state index contributed by atoms with van der Waals surface area (Å²) >= 11 is 0. The van der Waals surface area contributed by atoms with E-state index in [0.29, 0.717) is 32.4 Å². The Morgan fingerprint density at radius 1 is 1.11 bits per heavy atom. The van der Waals surface area contributed by atoms with Gasteiger partial charge in [-0.1, -0.05) is 48.5 Å². The molecule has 1 aliphatic carbocycles. The SMILES string of the molecule is CC1(C(=O)O)CCCN(C(=O)C2OCCC2NC(=O)OCC2c3ccccc3-c3ccccc32)C1. The van der Waals surface area contributed by atoms with Crippen LogP contribution in [-0.4, -0.2) is 66.4 Å². The molecule has 3 atom stereocenters. The van der Waals surface area contributed by atoms with Crippen LogP contribution in [0.5, 0.6) is 0 Å². The van der Waals surface area contributed by atoms with Gasteiger partial charge in [-0.3, -0.25) is 9.59 Å². The molecule has 2 amide bonds. The molecule has 35 heavy (non-hydrogen) atoms. The molecule has 3 unspecified atom stereocenters. The van der Waals surface area contributed by atoms with Gasteiger partial charge in [0.15, 0.2) is 6.10 Å². The first-order chi connectivity index (χ1) is 16.9. The van der Waals surface area contributed by atoms with Gasteiger partial charge in [-0.25, -0.2) is 4.79 Å². The summed E-state index contributed by atoms with van der Waals surface area (Å²) in [5.74, 6) is -1.23. The van der Waals surface area contributed by atoms with Gasteiger partial charge >= 0.3 is 12.1 Å². The first kappa shape index (κ1) is 23.4. The molecule has 2 fully saturated rings. The Kier molecular flexibility index (Phi) is 6.23. The van der Waals surface area contributed by atoms with Crippen molar-refractivity contribution in [2.24, 2.45) is 5.41 Å². The van der Waals surface area contributed by atoms with Crippen LogP contribution in [-0.2, 0) is 19.1 Å². The van der Waals surface area contributed by atoms with Gasteiger partial charge in [-0.05, 0) is 48.4 Å². The maximum atomic E-state index is 13.2. The van der Waals surface area contributed by atoms with E-state index in [4.69, 9.17) is 9.47 Å². The van der Waals surface area contributed by atoms with Gasteiger partial charge in [-0.2, -0.15) is 0 Å². The minimum absolute atomic E-state index is 0.0487. The fourth-order valence-electron chi connectivity index (χ4n) is 5.55. The lowest BCUT2D eigenvalue weighted by atomic mass is 9.82. The lowest BCUT2D eigenvalue weighted by Gasteiger charge is -2.39. The van der Waals surface area contributed by atoms with Gasteiger partial charge in [0, 0.05) is 25.6 Å². The van der Waals surface area contributed by atoms with Crippen LogP contribution in [0.1, 0.15) is 43.2 Å². The molecule has 8 heteroatoms. The number of benzene rings is 2. The molecule has 184 valence electrons. The van der Waals surface area contributed by atoms with Crippen LogP contribution in [0.2, 0.25) is 0 Å². The summed E-state index contributed by atoms with van der Waals surface area (Å²) in [5, 5.41) is 12.4. The Bertz CT molecular complexity index is 1100. The second kappa shape index (κ2) is 9.34. The van der Waals surface area contributed by atoms with Crippen molar-refractivity contribution in [2.75, 3.05) is 26.3 Å². The van der Waals surface area contributed by atoms with Crippen LogP contribution in [0.4, 0.5) is 4.79 Å². The summed E-state index contributed by atoms with van der Waals surface area (Å²) in [4.78, 5) is 39.1. The average molecular weight is 479 g/mol. The van der Waals surface area contributed by atoms with Crippen molar-refractivity contribution in [1.29, 1.82) is 0 Å². The highest BCUT2D eigenvalue weighted by Gasteiger charge is 2.44. The third kappa shape index (κ3) is 4.38. The Labute approximate surface area is 204 Å². The van der Waals surface area contributed by atoms with Gasteiger partial charge in [-0.15, -0.1) is 0 Å². The number of nitrogens with zero attached hydrogens (tertiary/aromatic N) is 1. The van der Waals surface area contributed by atoms with Crippen LogP contribution in [0.15, 0.2) is 48.5 Å². The van der Waals surface area contributed by atoms with Crippen LogP contribution < -0.4 is 5.32 Å². The predicted octanol–water partition coefficient (Wildman–Crippen LogP) is 3.40. The fourth-order valence-corrected chi connectivity index (χ4v) is 5.55. The summed E-state index contributed by atoms with van der Waals surface area (Å²) in [6.45, 7) is 2.82. The number of alkyl carbamates (subject to hydrolysis) is 1. The molecule has 0 bridgehead atoms. The van der Waals surface area contributed by atoms with Crippen molar-refractivity contribution in [3.63, 3.8) is 0 Å². The number of carboxylic acid groups (broad SMARTS) is 1. The van der Waals surface area contributed by atoms with E-state index in [1.165, 1.54) is 0 Å². The van der Waals surface area contributed by atoms with Crippen molar-refractivity contribution >= 4 is 18.0 Å². The second-order valence-corrected chi connectivity index (χ2v) is 9.89. The van der Waals surface area contributed by atoms with Gasteiger partial charge in [0.1, 0.15) is 6.61 Å². The first-order valence-corrected chi connectivity index (χ1v) is 12.1. The van der Waals surface area contributed by atoms with Crippen molar-refractivity contribution < 1.29 is 29.0 Å². The minimum Gasteiger partial charge on any atom is -0.481 e. The van der Waals surface area contributed by atoms with Gasteiger partial charge in [0.25, 0.3) is 5.91 Å². The highest BCUT2D eigenvalue weighted by Crippen LogP contribution is 2.44. The number of hydrogen-bond donors (Lipinski definition) is 2. The summed E-state index contributed by atoms with van der Waals surface area (Å²) in [6, 6.07) is 15.7. The largest absolute Gasteiger partial charge is 0.481 e. The van der Waals surface area contributed by atoms with Crippen LogP contribution in [0, 0.1) is 5.41 Å². The number of hydrogen-bond acceptors (Lipinski definition) is 5. The molecule has 2 N–H and O–H groups in total. The van der Waals surface area contributed by atoms with Gasteiger partial charge < -0.3 is 24.8 Å². The van der Waals surface area contributed by atoms with Gasteiger partial charge in [0.2, 0.25) is 0 Å². The third-order valence-electron chi connectivity index (χ3n) is 7.51. The summed E-state index contributed by atoms with van der Waals surface area (Å²) in [7, 11) is 0. The Morgan fingerprint density at radius 3 is 2.43 bits per heavy atom. The molecule has 0 spiro atoms. The number of aliphatic carboxylic acids is 1. The number of carboxylic acids is 1. The summed E-state index contributed by atoms with van der Waals surface area (Å²) in [5.41, 5.74) is 3.60. The predicted molar refractivity (Wildman–Crippen MR) is 128 cm³/mol. The Morgan fingerprint density at radius 2 is 1.77 bits per heavy atom. The highest BCUT2D eigenvalue weighted by molar-refractivity contribution is 5.84. The van der Waals surface area contributed by atoms with Crippen LogP contribution in [0.25, 0.3) is 11.1 Å². The van der Waals surface area contributed by atoms with E-state index in [0.717, 1.165) is 22.3 Å². The smallest absolute Gasteiger partial charge is 0.407 e. The normalized spacial score (nSPS) is 25.6. The fraction of sp³-hybridized carbons (Fsp3) is 0.444. The maximum absolute atomic E-state index is 13.2. The number of rotatable bonds is 5. The van der Waals surface area contributed by atoms with E-state index in [-0.39, 0.29) is 25.0 Å². The number of likely N-dealkylation sites (tertiary alicyclic amines) is 1. The molecule has 2 aromatic rings. The summed E-state index contributed by atoms with van der Waals surface area (Å²) < 4.78 is 11.3. The number of ether oxygens (including phenoxy) is 2. The van der Waals surface area contributed by atoms with Crippen molar-refractivity contribution in [3.05, 3.63) is 59.7 Å². The highest BCUT2D eigenvalue weighted by atomic mass is 16.6. The summed E-state index contributed by atoms with van der Waals surface area (Å²) in [6.07, 6.45) is 0.205. The molecule has 2 heterocycles. The van der Waals surface area contributed by atoms with E-state index in [1.807, 2.05) is 24.3 Å². The lowest BCUT2D eigenvalue weighted by molar-refractivity contribution is -0.156. The molecule has 2 saturated heterocycles. The first-order valence-electron chi connectivity index (χ1n) is 12.1. The third-order valence-corrected chi connectivity index (χ3v) is 7.51. The van der Waals surface area contributed by atoms with E-state index in [9.17, 15) is 19.5 Å². The zero-order chi connectivity index (χ0) is 24.6. The topological polar surface area (TPSA) is 105 Å². The zero-order valence-electron chi connectivity index (χ0n) is 19.7. The molecule has 2 aromatic carbocycles.